The van der Waals surface area contributed by atoms with Crippen LogP contribution >= 0.6 is 0 Å². The van der Waals surface area contributed by atoms with E-state index in [1.165, 1.54) is 20.9 Å². The van der Waals surface area contributed by atoms with Gasteiger partial charge in [-0.1, -0.05) is 19.0 Å². The van der Waals surface area contributed by atoms with E-state index in [0.29, 0.717) is 0 Å². The fourth-order valence-electron chi connectivity index (χ4n) is 1.85. The lowest BCUT2D eigenvalue weighted by atomic mass is 9.99. The molecular formula is C14H22N2O4. The van der Waals surface area contributed by atoms with Gasteiger partial charge in [-0.3, -0.25) is 4.79 Å². The van der Waals surface area contributed by atoms with Gasteiger partial charge < -0.3 is 14.5 Å². The van der Waals surface area contributed by atoms with Gasteiger partial charge in [0.15, 0.2) is 0 Å². The topological polar surface area (TPSA) is 83.6 Å². The van der Waals surface area contributed by atoms with Crippen molar-refractivity contribution >= 4 is 11.9 Å². The number of aliphatic carboxylic acids is 1. The van der Waals surface area contributed by atoms with E-state index in [2.05, 4.69) is 5.16 Å². The Bertz CT molecular complexity index is 489. The molecule has 0 spiro atoms. The van der Waals surface area contributed by atoms with E-state index in [9.17, 15) is 9.59 Å². The first-order valence-electron chi connectivity index (χ1n) is 6.73. The highest BCUT2D eigenvalue weighted by Crippen LogP contribution is 2.24. The molecule has 0 saturated heterocycles. The molecule has 6 nitrogen and oxygen atoms in total. The van der Waals surface area contributed by atoms with Crippen LogP contribution in [-0.2, 0) is 4.79 Å². The molecule has 0 radical (unpaired) electrons. The molecule has 1 rings (SSSR count). The summed E-state index contributed by atoms with van der Waals surface area (Å²) in [6, 6.07) is 1.61. The third-order valence-electron chi connectivity index (χ3n) is 3.81. The summed E-state index contributed by atoms with van der Waals surface area (Å²) in [5.74, 6) is -1.24. The first kappa shape index (κ1) is 16.2. The van der Waals surface area contributed by atoms with E-state index < -0.39 is 17.4 Å². The molecule has 1 amide bonds. The Balaban J connectivity index is 2.96. The number of hydrogen-bond acceptors (Lipinski definition) is 4. The third-order valence-corrected chi connectivity index (χ3v) is 3.81. The van der Waals surface area contributed by atoms with Gasteiger partial charge in [-0.15, -0.1) is 0 Å². The number of amides is 1. The number of aromatic nitrogens is 1. The molecule has 0 atom stereocenters. The molecule has 1 heterocycles. The molecular weight excluding hydrogens is 260 g/mol. The fraction of sp³-hybridized carbons (Fsp3) is 0.643. The summed E-state index contributed by atoms with van der Waals surface area (Å²) in [5.41, 5.74) is -0.571. The molecule has 6 heteroatoms. The zero-order valence-electron chi connectivity index (χ0n) is 12.6. The van der Waals surface area contributed by atoms with Crippen molar-refractivity contribution in [3.05, 3.63) is 17.5 Å². The quantitative estimate of drug-likeness (QED) is 0.866. The fourth-order valence-corrected chi connectivity index (χ4v) is 1.85. The van der Waals surface area contributed by atoms with Crippen molar-refractivity contribution in [1.29, 1.82) is 0 Å². The Morgan fingerprint density at radius 3 is 2.40 bits per heavy atom. The van der Waals surface area contributed by atoms with E-state index >= 15 is 0 Å². The van der Waals surface area contributed by atoms with Crippen LogP contribution in [0.2, 0.25) is 0 Å². The zero-order chi connectivity index (χ0) is 15.5. The van der Waals surface area contributed by atoms with Crippen LogP contribution in [0, 0.1) is 0 Å². The van der Waals surface area contributed by atoms with Gasteiger partial charge in [0.2, 0.25) is 5.76 Å². The van der Waals surface area contributed by atoms with E-state index in [-0.39, 0.29) is 11.7 Å². The van der Waals surface area contributed by atoms with Gasteiger partial charge in [0.1, 0.15) is 5.54 Å². The van der Waals surface area contributed by atoms with Crippen molar-refractivity contribution in [1.82, 2.24) is 10.1 Å². The number of nitrogens with zero attached hydrogens (tertiary/aromatic N) is 2. The van der Waals surface area contributed by atoms with E-state index in [4.69, 9.17) is 9.63 Å². The molecule has 0 unspecified atom stereocenters. The van der Waals surface area contributed by atoms with Gasteiger partial charge in [0, 0.05) is 19.0 Å². The lowest BCUT2D eigenvalue weighted by Crippen LogP contribution is -2.50. The number of carbonyl (C=O) groups excluding carboxylic acids is 1. The van der Waals surface area contributed by atoms with Gasteiger partial charge in [-0.2, -0.15) is 0 Å². The van der Waals surface area contributed by atoms with E-state index in [0.717, 1.165) is 23.4 Å². The Morgan fingerprint density at radius 1 is 1.40 bits per heavy atom. The van der Waals surface area contributed by atoms with Crippen LogP contribution < -0.4 is 0 Å². The number of rotatable bonds is 6. The molecule has 0 aliphatic rings. The average molecular weight is 282 g/mol. The van der Waals surface area contributed by atoms with Crippen molar-refractivity contribution in [2.24, 2.45) is 0 Å². The van der Waals surface area contributed by atoms with Crippen LogP contribution in [0.3, 0.4) is 0 Å². The highest BCUT2D eigenvalue weighted by molar-refractivity contribution is 5.95. The van der Waals surface area contributed by atoms with E-state index in [1.807, 2.05) is 13.8 Å². The molecule has 1 aromatic heterocycles. The minimum absolute atomic E-state index is 0.0729. The van der Waals surface area contributed by atoms with Crippen LogP contribution in [0.1, 0.15) is 62.7 Å². The number of carbonyl (C=O) groups is 2. The minimum Gasteiger partial charge on any atom is -0.480 e. The molecule has 1 N–H and O–H groups in total. The maximum atomic E-state index is 12.2. The Kier molecular flexibility index (Phi) is 4.92. The molecule has 0 bridgehead atoms. The molecule has 20 heavy (non-hydrogen) atoms. The normalized spacial score (nSPS) is 11.7. The van der Waals surface area contributed by atoms with Crippen LogP contribution in [0.5, 0.6) is 0 Å². The number of likely N-dealkylation sites (N-methyl/N-ethyl adjacent to an activating group) is 1. The summed E-state index contributed by atoms with van der Waals surface area (Å²) in [5, 5.41) is 13.1. The highest BCUT2D eigenvalue weighted by Gasteiger charge is 2.37. The standard InChI is InChI=1S/C14H22N2O4/c1-6-9(7-2)10-8-11(20-15-10)12(17)16(5)14(3,4)13(18)19/h8-9H,6-7H2,1-5H3,(H,18,19). The smallest absolute Gasteiger partial charge is 0.329 e. The summed E-state index contributed by atoms with van der Waals surface area (Å²) in [6.45, 7) is 7.02. The predicted molar refractivity (Wildman–Crippen MR) is 73.6 cm³/mol. The maximum absolute atomic E-state index is 12.2. The van der Waals surface area contributed by atoms with Gasteiger partial charge in [-0.25, -0.2) is 4.79 Å². The molecule has 0 aliphatic carbocycles. The average Bonchev–Trinajstić information content (AvgIpc) is 2.87. The lowest BCUT2D eigenvalue weighted by molar-refractivity contribution is -0.147. The predicted octanol–water partition coefficient (Wildman–Crippen LogP) is 2.51. The molecule has 1 aromatic rings. The number of hydrogen-bond donors (Lipinski definition) is 1. The number of carboxylic acid groups (broad SMARTS) is 1. The second kappa shape index (κ2) is 6.07. The van der Waals surface area contributed by atoms with Crippen LogP contribution in [0.25, 0.3) is 0 Å². The Labute approximate surface area is 118 Å². The summed E-state index contributed by atoms with van der Waals surface area (Å²) in [7, 11) is 1.44. The van der Waals surface area contributed by atoms with Crippen molar-refractivity contribution in [3.8, 4) is 0 Å². The monoisotopic (exact) mass is 282 g/mol. The lowest BCUT2D eigenvalue weighted by Gasteiger charge is -2.30. The third kappa shape index (κ3) is 3.00. The van der Waals surface area contributed by atoms with E-state index in [1.54, 1.807) is 6.07 Å². The molecule has 0 aromatic carbocycles. The van der Waals surface area contributed by atoms with Crippen molar-refractivity contribution < 1.29 is 19.2 Å². The highest BCUT2D eigenvalue weighted by atomic mass is 16.5. The second-order valence-corrected chi connectivity index (χ2v) is 5.36. The number of carboxylic acids is 1. The molecule has 112 valence electrons. The van der Waals surface area contributed by atoms with Crippen LogP contribution in [0.4, 0.5) is 0 Å². The van der Waals surface area contributed by atoms with Crippen LogP contribution in [-0.4, -0.2) is 39.6 Å². The molecule has 0 saturated carbocycles. The Hall–Kier alpha value is -1.85. The SMILES string of the molecule is CCC(CC)c1cc(C(=O)N(C)C(C)(C)C(=O)O)on1. The summed E-state index contributed by atoms with van der Waals surface area (Å²) in [6.07, 6.45) is 1.82. The largest absolute Gasteiger partial charge is 0.480 e. The van der Waals surface area contributed by atoms with Crippen molar-refractivity contribution in [2.45, 2.75) is 52.0 Å². The molecule has 0 aliphatic heterocycles. The van der Waals surface area contributed by atoms with Gasteiger partial charge >= 0.3 is 5.97 Å². The van der Waals surface area contributed by atoms with Gasteiger partial charge in [0.05, 0.1) is 5.69 Å². The van der Waals surface area contributed by atoms with Crippen molar-refractivity contribution in [3.63, 3.8) is 0 Å². The summed E-state index contributed by atoms with van der Waals surface area (Å²) in [4.78, 5) is 24.5. The van der Waals surface area contributed by atoms with Crippen molar-refractivity contribution in [2.75, 3.05) is 7.05 Å². The minimum atomic E-state index is -1.31. The first-order valence-corrected chi connectivity index (χ1v) is 6.73. The van der Waals surface area contributed by atoms with Gasteiger partial charge in [-0.05, 0) is 26.7 Å². The second-order valence-electron chi connectivity index (χ2n) is 5.36. The summed E-state index contributed by atoms with van der Waals surface area (Å²) < 4.78 is 5.07. The Morgan fingerprint density at radius 2 is 1.95 bits per heavy atom. The molecule has 0 fully saturated rings. The van der Waals surface area contributed by atoms with Crippen LogP contribution in [0.15, 0.2) is 10.6 Å². The zero-order valence-corrected chi connectivity index (χ0v) is 12.6. The first-order chi connectivity index (χ1) is 9.25. The maximum Gasteiger partial charge on any atom is 0.329 e. The van der Waals surface area contributed by atoms with Gasteiger partial charge in [0.25, 0.3) is 5.91 Å². The summed E-state index contributed by atoms with van der Waals surface area (Å²) >= 11 is 0.